The van der Waals surface area contributed by atoms with Crippen molar-refractivity contribution in [2.45, 2.75) is 31.9 Å². The average molecular weight is 379 g/mol. The number of Topliss-reactive ketones (excluding diaryl/α,β-unsaturated/α-hetero) is 1. The van der Waals surface area contributed by atoms with Crippen molar-refractivity contribution in [3.63, 3.8) is 0 Å². The van der Waals surface area contributed by atoms with Gasteiger partial charge in [0.1, 0.15) is 12.0 Å². The van der Waals surface area contributed by atoms with Crippen LogP contribution in [0, 0.1) is 11.3 Å². The van der Waals surface area contributed by atoms with Gasteiger partial charge in [0.15, 0.2) is 5.78 Å². The molecule has 1 saturated heterocycles. The zero-order valence-electron chi connectivity index (χ0n) is 15.7. The maximum Gasteiger partial charge on any atom is 0.167 e. The second kappa shape index (κ2) is 8.07. The van der Waals surface area contributed by atoms with Crippen LogP contribution in [0.15, 0.2) is 30.3 Å². The van der Waals surface area contributed by atoms with E-state index < -0.39 is 6.17 Å². The van der Waals surface area contributed by atoms with Crippen LogP contribution in [0.1, 0.15) is 39.2 Å². The molecule has 3 heterocycles. The molecule has 6 heteroatoms. The van der Waals surface area contributed by atoms with Crippen molar-refractivity contribution in [1.82, 2.24) is 4.98 Å². The van der Waals surface area contributed by atoms with E-state index in [0.29, 0.717) is 62.5 Å². The van der Waals surface area contributed by atoms with Gasteiger partial charge in [-0.1, -0.05) is 12.1 Å². The first-order valence-corrected chi connectivity index (χ1v) is 9.66. The number of carbonyl (C=O) groups is 1. The first-order chi connectivity index (χ1) is 13.6. The van der Waals surface area contributed by atoms with Crippen LogP contribution in [0.3, 0.4) is 0 Å². The van der Waals surface area contributed by atoms with Crippen molar-refractivity contribution in [3.8, 4) is 6.07 Å². The average Bonchev–Trinajstić information content (AvgIpc) is 3.00. The predicted molar refractivity (Wildman–Crippen MR) is 103 cm³/mol. The highest BCUT2D eigenvalue weighted by Crippen LogP contribution is 2.27. The SMILES string of the molecule is N#Cc1cccc(CC(=O)c2cc(N3CC[C@H](F)C3)nc3c2CCOCC3)c1. The molecule has 2 aromatic rings. The third kappa shape index (κ3) is 3.90. The summed E-state index contributed by atoms with van der Waals surface area (Å²) < 4.78 is 19.3. The fourth-order valence-electron chi connectivity index (χ4n) is 3.91. The van der Waals surface area contributed by atoms with Crippen molar-refractivity contribution in [3.05, 3.63) is 58.3 Å². The number of halogens is 1. The fourth-order valence-corrected chi connectivity index (χ4v) is 3.91. The molecule has 2 aliphatic rings. The Morgan fingerprint density at radius 1 is 1.32 bits per heavy atom. The Bertz CT molecular complexity index is 938. The van der Waals surface area contributed by atoms with Gasteiger partial charge >= 0.3 is 0 Å². The summed E-state index contributed by atoms with van der Waals surface area (Å²) in [6.07, 6.45) is 1.16. The largest absolute Gasteiger partial charge is 0.381 e. The molecule has 0 N–H and O–H groups in total. The Labute approximate surface area is 163 Å². The Kier molecular flexibility index (Phi) is 5.36. The molecule has 0 saturated carbocycles. The molecule has 0 aliphatic carbocycles. The zero-order valence-corrected chi connectivity index (χ0v) is 15.7. The fraction of sp³-hybridized carbons (Fsp3) is 0.409. The van der Waals surface area contributed by atoms with Crippen LogP contribution < -0.4 is 4.90 Å². The summed E-state index contributed by atoms with van der Waals surface area (Å²) in [6.45, 7) is 2.07. The summed E-state index contributed by atoms with van der Waals surface area (Å²) in [6, 6.07) is 11.0. The quantitative estimate of drug-likeness (QED) is 0.764. The number of anilines is 1. The standard InChI is InChI=1S/C22H22FN3O2/c23-17-4-7-26(14-17)22-12-19(18-5-8-28-9-6-20(18)25-22)21(27)11-15-2-1-3-16(10-15)13-24/h1-3,10,12,17H,4-9,11,14H2/t17-/m0/s1. The van der Waals surface area contributed by atoms with Crippen LogP contribution in [0.25, 0.3) is 0 Å². The van der Waals surface area contributed by atoms with E-state index in [0.717, 1.165) is 16.8 Å². The predicted octanol–water partition coefficient (Wildman–Crippen LogP) is 3.04. The number of rotatable bonds is 4. The molecule has 1 atom stereocenters. The Morgan fingerprint density at radius 2 is 2.18 bits per heavy atom. The monoisotopic (exact) mass is 379 g/mol. The van der Waals surface area contributed by atoms with Crippen LogP contribution in [-0.2, 0) is 24.0 Å². The number of nitriles is 1. The van der Waals surface area contributed by atoms with Crippen molar-refractivity contribution in [2.75, 3.05) is 31.2 Å². The normalized spacial score (nSPS) is 19.0. The lowest BCUT2D eigenvalue weighted by molar-refractivity contribution is 0.0991. The summed E-state index contributed by atoms with van der Waals surface area (Å²) in [5.41, 5.74) is 3.82. The molecule has 28 heavy (non-hydrogen) atoms. The first-order valence-electron chi connectivity index (χ1n) is 9.66. The minimum Gasteiger partial charge on any atom is -0.381 e. The number of carbonyl (C=O) groups excluding carboxylic acids is 1. The van der Waals surface area contributed by atoms with E-state index in [1.807, 2.05) is 17.0 Å². The molecule has 0 bridgehead atoms. The maximum absolute atomic E-state index is 13.7. The van der Waals surface area contributed by atoms with E-state index in [4.69, 9.17) is 15.0 Å². The number of benzene rings is 1. The maximum atomic E-state index is 13.7. The van der Waals surface area contributed by atoms with E-state index in [1.54, 1.807) is 18.2 Å². The second-order valence-electron chi connectivity index (χ2n) is 7.31. The highest BCUT2D eigenvalue weighted by atomic mass is 19.1. The molecule has 0 spiro atoms. The molecule has 144 valence electrons. The summed E-state index contributed by atoms with van der Waals surface area (Å²) in [5.74, 6) is 0.669. The molecule has 0 unspecified atom stereocenters. The second-order valence-corrected chi connectivity index (χ2v) is 7.31. The van der Waals surface area contributed by atoms with Crippen LogP contribution in [0.4, 0.5) is 10.2 Å². The number of hydrogen-bond acceptors (Lipinski definition) is 5. The third-order valence-electron chi connectivity index (χ3n) is 5.35. The topological polar surface area (TPSA) is 66.2 Å². The lowest BCUT2D eigenvalue weighted by Crippen LogP contribution is -2.23. The molecule has 1 fully saturated rings. The first kappa shape index (κ1) is 18.6. The third-order valence-corrected chi connectivity index (χ3v) is 5.35. The number of aromatic nitrogens is 1. The van der Waals surface area contributed by atoms with E-state index in [1.165, 1.54) is 0 Å². The highest BCUT2D eigenvalue weighted by molar-refractivity contribution is 5.99. The number of ketones is 1. The number of hydrogen-bond donors (Lipinski definition) is 0. The van der Waals surface area contributed by atoms with Crippen LogP contribution in [-0.4, -0.2) is 43.2 Å². The van der Waals surface area contributed by atoms with Gasteiger partial charge in [-0.15, -0.1) is 0 Å². The van der Waals surface area contributed by atoms with Crippen LogP contribution in [0.5, 0.6) is 0 Å². The molecular formula is C22H22FN3O2. The zero-order chi connectivity index (χ0) is 19.5. The van der Waals surface area contributed by atoms with Crippen LogP contribution >= 0.6 is 0 Å². The number of pyridine rings is 1. The number of alkyl halides is 1. The highest BCUT2D eigenvalue weighted by Gasteiger charge is 2.26. The van der Waals surface area contributed by atoms with Gasteiger partial charge in [-0.2, -0.15) is 5.26 Å². The van der Waals surface area contributed by atoms with Gasteiger partial charge in [0.25, 0.3) is 0 Å². The molecular weight excluding hydrogens is 357 g/mol. The molecule has 5 nitrogen and oxygen atoms in total. The van der Waals surface area contributed by atoms with Gasteiger partial charge < -0.3 is 9.64 Å². The van der Waals surface area contributed by atoms with Gasteiger partial charge in [-0.25, -0.2) is 9.37 Å². The summed E-state index contributed by atoms with van der Waals surface area (Å²) in [5, 5.41) is 9.09. The van der Waals surface area contributed by atoms with Gasteiger partial charge in [0.05, 0.1) is 31.4 Å². The minimum atomic E-state index is -0.850. The number of nitrogens with zero attached hydrogens (tertiary/aromatic N) is 3. The van der Waals surface area contributed by atoms with Crippen molar-refractivity contribution >= 4 is 11.6 Å². The van der Waals surface area contributed by atoms with Gasteiger partial charge in [-0.3, -0.25) is 4.79 Å². The van der Waals surface area contributed by atoms with Gasteiger partial charge in [0.2, 0.25) is 0 Å². The Hall–Kier alpha value is -2.78. The molecule has 4 rings (SSSR count). The van der Waals surface area contributed by atoms with Crippen LogP contribution in [0.2, 0.25) is 0 Å². The lowest BCUT2D eigenvalue weighted by atomic mass is 9.95. The Balaban J connectivity index is 1.69. The van der Waals surface area contributed by atoms with E-state index in [9.17, 15) is 9.18 Å². The smallest absolute Gasteiger partial charge is 0.167 e. The van der Waals surface area contributed by atoms with E-state index in [-0.39, 0.29) is 12.2 Å². The summed E-state index contributed by atoms with van der Waals surface area (Å²) in [7, 11) is 0. The molecule has 0 amide bonds. The Morgan fingerprint density at radius 3 is 2.96 bits per heavy atom. The van der Waals surface area contributed by atoms with E-state index in [2.05, 4.69) is 6.07 Å². The molecule has 1 aromatic heterocycles. The number of fused-ring (bicyclic) bond motifs is 1. The van der Waals surface area contributed by atoms with E-state index >= 15 is 0 Å². The summed E-state index contributed by atoms with van der Waals surface area (Å²) in [4.78, 5) is 19.9. The van der Waals surface area contributed by atoms with Crippen molar-refractivity contribution < 1.29 is 13.9 Å². The molecule has 2 aliphatic heterocycles. The van der Waals surface area contributed by atoms with Gasteiger partial charge in [-0.05, 0) is 42.2 Å². The number of ether oxygens (including phenoxy) is 1. The van der Waals surface area contributed by atoms with Crippen molar-refractivity contribution in [2.24, 2.45) is 0 Å². The van der Waals surface area contributed by atoms with Gasteiger partial charge in [0, 0.05) is 30.6 Å². The summed E-state index contributed by atoms with van der Waals surface area (Å²) >= 11 is 0. The van der Waals surface area contributed by atoms with Crippen molar-refractivity contribution in [1.29, 1.82) is 5.26 Å². The molecule has 1 aromatic carbocycles. The minimum absolute atomic E-state index is 0.00659. The molecule has 0 radical (unpaired) electrons. The lowest BCUT2D eigenvalue weighted by Gasteiger charge is -2.20.